The second kappa shape index (κ2) is 9.00. The molecule has 0 unspecified atom stereocenters. The van der Waals surface area contributed by atoms with Crippen molar-refractivity contribution in [2.75, 3.05) is 20.2 Å². The summed E-state index contributed by atoms with van der Waals surface area (Å²) in [6, 6.07) is 9.22. The molecule has 0 radical (unpaired) electrons. The number of amides is 1. The molecule has 2 aromatic rings. The summed E-state index contributed by atoms with van der Waals surface area (Å²) in [6.45, 7) is 1.93. The second-order valence-electron chi connectivity index (χ2n) is 7.94. The Labute approximate surface area is 175 Å². The Hall–Kier alpha value is -2.67. The number of ether oxygens (including phenoxy) is 2. The Bertz CT molecular complexity index is 909. The van der Waals surface area contributed by atoms with Gasteiger partial charge in [0.25, 0.3) is 5.91 Å². The molecular weight excluding hydrogens is 390 g/mol. The zero-order valence-electron chi connectivity index (χ0n) is 17.0. The molecule has 0 atom stereocenters. The van der Waals surface area contributed by atoms with E-state index in [2.05, 4.69) is 10.2 Å². The van der Waals surface area contributed by atoms with Crippen LogP contribution in [0.1, 0.15) is 41.6 Å². The number of rotatable bonds is 7. The second-order valence-corrected chi connectivity index (χ2v) is 7.94. The van der Waals surface area contributed by atoms with E-state index in [0.29, 0.717) is 35.2 Å². The highest BCUT2D eigenvalue weighted by atomic mass is 19.1. The lowest BCUT2D eigenvalue weighted by molar-refractivity contribution is 0.0919. The van der Waals surface area contributed by atoms with Crippen LogP contribution in [-0.4, -0.2) is 43.2 Å². The minimum Gasteiger partial charge on any atom is -0.493 e. The van der Waals surface area contributed by atoms with Gasteiger partial charge in [0.2, 0.25) is 0 Å². The molecule has 1 heterocycles. The SMILES string of the molecule is COc1ccc(C(=O)NC2CC2)cc1OC1CCN(Cc2ccc(F)cc2F)CC1. The van der Waals surface area contributed by atoms with Gasteiger partial charge in [-0.25, -0.2) is 8.78 Å². The highest BCUT2D eigenvalue weighted by molar-refractivity contribution is 5.95. The molecule has 1 saturated heterocycles. The van der Waals surface area contributed by atoms with E-state index in [-0.39, 0.29) is 12.0 Å². The van der Waals surface area contributed by atoms with Crippen LogP contribution in [0, 0.1) is 11.6 Å². The van der Waals surface area contributed by atoms with Crippen molar-refractivity contribution >= 4 is 5.91 Å². The number of hydrogen-bond donors (Lipinski definition) is 1. The van der Waals surface area contributed by atoms with Gasteiger partial charge in [-0.05, 0) is 49.9 Å². The molecule has 1 saturated carbocycles. The summed E-state index contributed by atoms with van der Waals surface area (Å²) >= 11 is 0. The first-order valence-electron chi connectivity index (χ1n) is 10.3. The standard InChI is InChI=1S/C23H26F2N2O3/c1-29-21-7-3-15(23(28)26-18-5-6-18)12-22(21)30-19-8-10-27(11-9-19)14-16-2-4-17(24)13-20(16)25/h2-4,7,12-13,18-19H,5-6,8-11,14H2,1H3,(H,26,28). The van der Waals surface area contributed by atoms with Crippen molar-refractivity contribution in [2.24, 2.45) is 0 Å². The Balaban J connectivity index is 1.35. The van der Waals surface area contributed by atoms with Gasteiger partial charge in [-0.3, -0.25) is 9.69 Å². The van der Waals surface area contributed by atoms with Crippen molar-refractivity contribution in [3.8, 4) is 11.5 Å². The molecule has 7 heteroatoms. The van der Waals surface area contributed by atoms with Crippen LogP contribution in [0.4, 0.5) is 8.78 Å². The summed E-state index contributed by atoms with van der Waals surface area (Å²) in [7, 11) is 1.58. The molecular formula is C23H26F2N2O3. The van der Waals surface area contributed by atoms with Crippen LogP contribution in [0.3, 0.4) is 0 Å². The Morgan fingerprint density at radius 1 is 1.07 bits per heavy atom. The predicted octanol–water partition coefficient (Wildman–Crippen LogP) is 3.91. The topological polar surface area (TPSA) is 50.8 Å². The Morgan fingerprint density at radius 2 is 1.83 bits per heavy atom. The largest absolute Gasteiger partial charge is 0.493 e. The summed E-state index contributed by atoms with van der Waals surface area (Å²) < 4.78 is 38.6. The first-order valence-corrected chi connectivity index (χ1v) is 10.3. The number of carbonyl (C=O) groups is 1. The molecule has 30 heavy (non-hydrogen) atoms. The quantitative estimate of drug-likeness (QED) is 0.744. The number of nitrogens with zero attached hydrogens (tertiary/aromatic N) is 1. The maximum atomic E-state index is 13.9. The molecule has 1 amide bonds. The van der Waals surface area contributed by atoms with Gasteiger partial charge in [0, 0.05) is 42.9 Å². The first-order chi connectivity index (χ1) is 14.5. The number of benzene rings is 2. The Kier molecular flexibility index (Phi) is 6.18. The van der Waals surface area contributed by atoms with E-state index in [1.807, 2.05) is 0 Å². The van der Waals surface area contributed by atoms with Crippen LogP contribution in [0.5, 0.6) is 11.5 Å². The molecule has 1 aliphatic heterocycles. The number of halogens is 2. The van der Waals surface area contributed by atoms with Crippen LogP contribution >= 0.6 is 0 Å². The van der Waals surface area contributed by atoms with E-state index < -0.39 is 11.6 Å². The number of likely N-dealkylation sites (tertiary alicyclic amines) is 1. The third-order valence-corrected chi connectivity index (χ3v) is 5.58. The summed E-state index contributed by atoms with van der Waals surface area (Å²) in [5.74, 6) is -0.0244. The summed E-state index contributed by atoms with van der Waals surface area (Å²) in [4.78, 5) is 14.5. The van der Waals surface area contributed by atoms with E-state index in [9.17, 15) is 13.6 Å². The van der Waals surface area contributed by atoms with Crippen molar-refractivity contribution in [3.05, 3.63) is 59.2 Å². The summed E-state index contributed by atoms with van der Waals surface area (Å²) in [5, 5.41) is 2.98. The highest BCUT2D eigenvalue weighted by Crippen LogP contribution is 2.31. The first kappa shape index (κ1) is 20.6. The van der Waals surface area contributed by atoms with Crippen LogP contribution < -0.4 is 14.8 Å². The smallest absolute Gasteiger partial charge is 0.251 e. The van der Waals surface area contributed by atoms with Gasteiger partial charge in [-0.2, -0.15) is 0 Å². The zero-order chi connectivity index (χ0) is 21.1. The van der Waals surface area contributed by atoms with E-state index in [1.165, 1.54) is 12.1 Å². The van der Waals surface area contributed by atoms with Gasteiger partial charge in [-0.1, -0.05) is 6.07 Å². The van der Waals surface area contributed by atoms with Gasteiger partial charge in [0.15, 0.2) is 11.5 Å². The average Bonchev–Trinajstić information content (AvgIpc) is 3.55. The maximum Gasteiger partial charge on any atom is 0.251 e. The molecule has 2 aromatic carbocycles. The molecule has 4 rings (SSSR count). The lowest BCUT2D eigenvalue weighted by Gasteiger charge is -2.32. The van der Waals surface area contributed by atoms with Crippen LogP contribution in [0.15, 0.2) is 36.4 Å². The van der Waals surface area contributed by atoms with Gasteiger partial charge in [0.1, 0.15) is 17.7 Å². The number of carbonyl (C=O) groups excluding carboxylic acids is 1. The number of methoxy groups -OCH3 is 1. The van der Waals surface area contributed by atoms with E-state index >= 15 is 0 Å². The molecule has 0 bridgehead atoms. The fraction of sp³-hybridized carbons (Fsp3) is 0.435. The fourth-order valence-corrected chi connectivity index (χ4v) is 3.66. The lowest BCUT2D eigenvalue weighted by atomic mass is 10.1. The number of nitrogens with one attached hydrogen (secondary N) is 1. The zero-order valence-corrected chi connectivity index (χ0v) is 17.0. The van der Waals surface area contributed by atoms with Gasteiger partial charge < -0.3 is 14.8 Å². The molecule has 0 aromatic heterocycles. The summed E-state index contributed by atoms with van der Waals surface area (Å²) in [6.07, 6.45) is 3.58. The van der Waals surface area contributed by atoms with Gasteiger partial charge in [-0.15, -0.1) is 0 Å². The lowest BCUT2D eigenvalue weighted by Crippen LogP contribution is -2.38. The van der Waals surface area contributed by atoms with Crippen LogP contribution in [0.25, 0.3) is 0 Å². The summed E-state index contributed by atoms with van der Waals surface area (Å²) in [5.41, 5.74) is 1.05. The molecule has 2 fully saturated rings. The molecule has 0 spiro atoms. The van der Waals surface area contributed by atoms with E-state index in [0.717, 1.165) is 44.8 Å². The van der Waals surface area contributed by atoms with Crippen molar-refractivity contribution in [3.63, 3.8) is 0 Å². The highest BCUT2D eigenvalue weighted by Gasteiger charge is 2.26. The fourth-order valence-electron chi connectivity index (χ4n) is 3.66. The molecule has 2 aliphatic rings. The molecule has 5 nitrogen and oxygen atoms in total. The number of piperidine rings is 1. The average molecular weight is 416 g/mol. The minimum atomic E-state index is -0.564. The van der Waals surface area contributed by atoms with Gasteiger partial charge in [0.05, 0.1) is 7.11 Å². The minimum absolute atomic E-state index is 0.0186. The predicted molar refractivity (Wildman–Crippen MR) is 109 cm³/mol. The molecule has 160 valence electrons. The normalized spacial score (nSPS) is 17.6. The molecule has 1 aliphatic carbocycles. The van der Waals surface area contributed by atoms with Crippen LogP contribution in [-0.2, 0) is 6.54 Å². The van der Waals surface area contributed by atoms with E-state index in [4.69, 9.17) is 9.47 Å². The monoisotopic (exact) mass is 416 g/mol. The maximum absolute atomic E-state index is 13.9. The van der Waals surface area contributed by atoms with Crippen molar-refractivity contribution in [1.29, 1.82) is 0 Å². The van der Waals surface area contributed by atoms with Crippen molar-refractivity contribution in [1.82, 2.24) is 10.2 Å². The molecule has 1 N–H and O–H groups in total. The number of hydrogen-bond acceptors (Lipinski definition) is 4. The van der Waals surface area contributed by atoms with Gasteiger partial charge >= 0.3 is 0 Å². The van der Waals surface area contributed by atoms with Crippen LogP contribution in [0.2, 0.25) is 0 Å². The van der Waals surface area contributed by atoms with Crippen molar-refractivity contribution in [2.45, 2.75) is 44.4 Å². The third kappa shape index (κ3) is 5.08. The van der Waals surface area contributed by atoms with E-state index in [1.54, 1.807) is 25.3 Å². The Morgan fingerprint density at radius 3 is 2.50 bits per heavy atom. The third-order valence-electron chi connectivity index (χ3n) is 5.58. The van der Waals surface area contributed by atoms with Crippen molar-refractivity contribution < 1.29 is 23.0 Å².